The summed E-state index contributed by atoms with van der Waals surface area (Å²) in [5.41, 5.74) is 0.930. The summed E-state index contributed by atoms with van der Waals surface area (Å²) in [7, 11) is -3.44. The van der Waals surface area contributed by atoms with Crippen LogP contribution in [-0.4, -0.2) is 47.2 Å². The maximum atomic E-state index is 12.8. The van der Waals surface area contributed by atoms with Crippen molar-refractivity contribution >= 4 is 32.4 Å². The molecule has 0 bridgehead atoms. The van der Waals surface area contributed by atoms with E-state index in [1.54, 1.807) is 0 Å². The first-order chi connectivity index (χ1) is 14.5. The molecular formula is C21H30N4O3S2. The molecule has 1 aromatic heterocycles. The molecule has 0 aliphatic carbocycles. The molecule has 9 heteroatoms. The molecule has 1 aliphatic rings. The Bertz CT molecular complexity index is 915. The highest BCUT2D eigenvalue weighted by atomic mass is 32.2. The lowest BCUT2D eigenvalue weighted by Gasteiger charge is -2.22. The molecule has 0 radical (unpaired) electrons. The summed E-state index contributed by atoms with van der Waals surface area (Å²) in [6.07, 6.45) is 7.37. The maximum absolute atomic E-state index is 12.8. The van der Waals surface area contributed by atoms with Crippen molar-refractivity contribution < 1.29 is 13.2 Å². The standard InChI is InChI=1S/C21H30N4O3S2/c1-2-3-4-5-6-10-16-30(27,28)25-15-11-14-18(25)19(26)22-21-24-23-20(29-21)17-12-8-7-9-13-17/h7-9,12-13,18H,2-6,10-11,14-16H2,1H3,(H,22,24,26). The molecule has 7 nitrogen and oxygen atoms in total. The van der Waals surface area contributed by atoms with Gasteiger partial charge in [-0.2, -0.15) is 4.31 Å². The number of hydrogen-bond donors (Lipinski definition) is 1. The molecule has 30 heavy (non-hydrogen) atoms. The van der Waals surface area contributed by atoms with Crippen LogP contribution in [0, 0.1) is 0 Å². The SMILES string of the molecule is CCCCCCCCS(=O)(=O)N1CCCC1C(=O)Nc1nnc(-c2ccccc2)s1. The van der Waals surface area contributed by atoms with E-state index >= 15 is 0 Å². The first kappa shape index (κ1) is 22.8. The second kappa shape index (κ2) is 11.0. The van der Waals surface area contributed by atoms with Crippen molar-refractivity contribution in [2.45, 2.75) is 64.3 Å². The summed E-state index contributed by atoms with van der Waals surface area (Å²) in [6.45, 7) is 2.56. The Morgan fingerprint density at radius 3 is 2.63 bits per heavy atom. The quantitative estimate of drug-likeness (QED) is 0.515. The van der Waals surface area contributed by atoms with Crippen LogP contribution in [0.1, 0.15) is 58.3 Å². The first-order valence-electron chi connectivity index (χ1n) is 10.7. The lowest BCUT2D eigenvalue weighted by atomic mass is 10.1. The Hall–Kier alpha value is -1.84. The number of carbonyl (C=O) groups is 1. The van der Waals surface area contributed by atoms with E-state index in [0.717, 1.165) is 24.8 Å². The minimum Gasteiger partial charge on any atom is -0.299 e. The van der Waals surface area contributed by atoms with Gasteiger partial charge in [-0.1, -0.05) is 80.7 Å². The monoisotopic (exact) mass is 450 g/mol. The van der Waals surface area contributed by atoms with E-state index < -0.39 is 16.1 Å². The highest BCUT2D eigenvalue weighted by Gasteiger charge is 2.38. The summed E-state index contributed by atoms with van der Waals surface area (Å²) in [5, 5.41) is 12.0. The number of amides is 1. The zero-order valence-electron chi connectivity index (χ0n) is 17.4. The Kier molecular flexibility index (Phi) is 8.35. The molecule has 1 aromatic carbocycles. The number of anilines is 1. The van der Waals surface area contributed by atoms with Crippen molar-refractivity contribution in [2.24, 2.45) is 0 Å². The summed E-state index contributed by atoms with van der Waals surface area (Å²) in [5.74, 6) is -0.213. The van der Waals surface area contributed by atoms with Crippen molar-refractivity contribution in [2.75, 3.05) is 17.6 Å². The van der Waals surface area contributed by atoms with E-state index in [2.05, 4.69) is 22.4 Å². The molecule has 0 spiro atoms. The normalized spacial score (nSPS) is 17.3. The van der Waals surface area contributed by atoms with E-state index in [4.69, 9.17) is 0 Å². The third-order valence-electron chi connectivity index (χ3n) is 5.30. The van der Waals surface area contributed by atoms with Gasteiger partial charge in [0.1, 0.15) is 11.0 Å². The van der Waals surface area contributed by atoms with Gasteiger partial charge >= 0.3 is 0 Å². The van der Waals surface area contributed by atoms with Gasteiger partial charge in [-0.05, 0) is 19.3 Å². The highest BCUT2D eigenvalue weighted by Crippen LogP contribution is 2.28. The fraction of sp³-hybridized carbons (Fsp3) is 0.571. The number of sulfonamides is 1. The van der Waals surface area contributed by atoms with Crippen molar-refractivity contribution in [1.82, 2.24) is 14.5 Å². The highest BCUT2D eigenvalue weighted by molar-refractivity contribution is 7.89. The van der Waals surface area contributed by atoms with Crippen LogP contribution < -0.4 is 5.32 Å². The van der Waals surface area contributed by atoms with Crippen LogP contribution >= 0.6 is 11.3 Å². The molecule has 2 aromatic rings. The Balaban J connectivity index is 1.55. The van der Waals surface area contributed by atoms with Crippen LogP contribution in [0.15, 0.2) is 30.3 Å². The van der Waals surface area contributed by atoms with E-state index in [0.29, 0.717) is 35.9 Å². The number of aromatic nitrogens is 2. The van der Waals surface area contributed by atoms with Gasteiger partial charge in [0.25, 0.3) is 0 Å². The molecule has 1 saturated heterocycles. The molecule has 1 amide bonds. The number of nitrogens with zero attached hydrogens (tertiary/aromatic N) is 3. The van der Waals surface area contributed by atoms with Gasteiger partial charge in [-0.15, -0.1) is 10.2 Å². The van der Waals surface area contributed by atoms with Crippen molar-refractivity contribution in [3.8, 4) is 10.6 Å². The number of rotatable bonds is 11. The summed E-state index contributed by atoms with van der Waals surface area (Å²) in [4.78, 5) is 12.8. The van der Waals surface area contributed by atoms with Gasteiger partial charge in [0.2, 0.25) is 21.1 Å². The second-order valence-corrected chi connectivity index (χ2v) is 10.6. The summed E-state index contributed by atoms with van der Waals surface area (Å²) >= 11 is 1.28. The van der Waals surface area contributed by atoms with Crippen molar-refractivity contribution in [3.05, 3.63) is 30.3 Å². The largest absolute Gasteiger partial charge is 0.299 e. The molecular weight excluding hydrogens is 420 g/mol. The van der Waals surface area contributed by atoms with Gasteiger partial charge in [-0.25, -0.2) is 8.42 Å². The third-order valence-corrected chi connectivity index (χ3v) is 8.14. The fourth-order valence-corrected chi connectivity index (χ4v) is 6.23. The molecule has 1 aliphatic heterocycles. The van der Waals surface area contributed by atoms with Gasteiger partial charge in [0.15, 0.2) is 0 Å². The second-order valence-electron chi connectivity index (χ2n) is 7.62. The molecule has 2 heterocycles. The molecule has 3 rings (SSSR count). The van der Waals surface area contributed by atoms with E-state index in [1.165, 1.54) is 28.5 Å². The number of carbonyl (C=O) groups excluding carboxylic acids is 1. The first-order valence-corrected chi connectivity index (χ1v) is 13.1. The lowest BCUT2D eigenvalue weighted by molar-refractivity contribution is -0.119. The van der Waals surface area contributed by atoms with E-state index in [-0.39, 0.29) is 11.7 Å². The number of hydrogen-bond acceptors (Lipinski definition) is 6. The van der Waals surface area contributed by atoms with Gasteiger partial charge in [0, 0.05) is 12.1 Å². The van der Waals surface area contributed by atoms with Gasteiger partial charge < -0.3 is 0 Å². The Morgan fingerprint density at radius 1 is 1.13 bits per heavy atom. The van der Waals surface area contributed by atoms with Crippen molar-refractivity contribution in [1.29, 1.82) is 0 Å². The van der Waals surface area contributed by atoms with Crippen LogP contribution in [-0.2, 0) is 14.8 Å². The fourth-order valence-electron chi connectivity index (χ4n) is 3.68. The van der Waals surface area contributed by atoms with E-state index in [1.807, 2.05) is 30.3 Å². The zero-order valence-corrected chi connectivity index (χ0v) is 19.1. The lowest BCUT2D eigenvalue weighted by Crippen LogP contribution is -2.44. The zero-order chi connectivity index (χ0) is 21.4. The van der Waals surface area contributed by atoms with Crippen molar-refractivity contribution in [3.63, 3.8) is 0 Å². The minimum absolute atomic E-state index is 0.111. The molecule has 1 unspecified atom stereocenters. The predicted octanol–water partition coefficient (Wildman–Crippen LogP) is 4.30. The number of benzene rings is 1. The van der Waals surface area contributed by atoms with Crippen LogP contribution in [0.5, 0.6) is 0 Å². The average molecular weight is 451 g/mol. The minimum atomic E-state index is -3.44. The maximum Gasteiger partial charge on any atom is 0.244 e. The predicted molar refractivity (Wildman–Crippen MR) is 121 cm³/mol. The van der Waals surface area contributed by atoms with Crippen LogP contribution in [0.25, 0.3) is 10.6 Å². The van der Waals surface area contributed by atoms with E-state index in [9.17, 15) is 13.2 Å². The molecule has 164 valence electrons. The van der Waals surface area contributed by atoms with Crippen LogP contribution in [0.2, 0.25) is 0 Å². The Morgan fingerprint density at radius 2 is 1.87 bits per heavy atom. The molecule has 1 N–H and O–H groups in total. The third kappa shape index (κ3) is 6.09. The average Bonchev–Trinajstić information content (AvgIpc) is 3.41. The van der Waals surface area contributed by atoms with Crippen LogP contribution in [0.3, 0.4) is 0 Å². The summed E-state index contributed by atoms with van der Waals surface area (Å²) in [6, 6.07) is 8.95. The van der Waals surface area contributed by atoms with Gasteiger partial charge in [-0.3, -0.25) is 10.1 Å². The number of nitrogens with one attached hydrogen (secondary N) is 1. The topological polar surface area (TPSA) is 92.3 Å². The van der Waals surface area contributed by atoms with Crippen LogP contribution in [0.4, 0.5) is 5.13 Å². The summed E-state index contributed by atoms with van der Waals surface area (Å²) < 4.78 is 27.0. The number of unbranched alkanes of at least 4 members (excludes halogenated alkanes) is 5. The molecule has 0 saturated carbocycles. The van der Waals surface area contributed by atoms with Gasteiger partial charge in [0.05, 0.1) is 5.75 Å². The molecule has 1 fully saturated rings. The molecule has 1 atom stereocenters. The smallest absolute Gasteiger partial charge is 0.244 e. The Labute approximate surface area is 183 Å².